The number of nitrogen functional groups attached to an aromatic ring is 1. The van der Waals surface area contributed by atoms with E-state index in [2.05, 4.69) is 15.9 Å². The summed E-state index contributed by atoms with van der Waals surface area (Å²) < 4.78 is 5.99. The lowest BCUT2D eigenvalue weighted by Gasteiger charge is -2.28. The van der Waals surface area contributed by atoms with Crippen molar-refractivity contribution in [2.75, 3.05) is 24.3 Å². The molecule has 0 aliphatic carbocycles. The molecule has 0 saturated carbocycles. The molecular weight excluding hydrogens is 296 g/mol. The van der Waals surface area contributed by atoms with Gasteiger partial charge in [-0.2, -0.15) is 0 Å². The van der Waals surface area contributed by atoms with Gasteiger partial charge in [-0.3, -0.25) is 0 Å². The quantitative estimate of drug-likeness (QED) is 0.670. The average molecular weight is 315 g/mol. The molecule has 1 rings (SSSR count). The molecule has 1 atom stereocenters. The van der Waals surface area contributed by atoms with E-state index in [9.17, 15) is 4.79 Å². The predicted molar refractivity (Wildman–Crippen MR) is 77.7 cm³/mol. The lowest BCUT2D eigenvalue weighted by molar-refractivity contribution is -0.144. The van der Waals surface area contributed by atoms with Gasteiger partial charge in [0.25, 0.3) is 0 Å². The van der Waals surface area contributed by atoms with E-state index in [0.29, 0.717) is 18.7 Å². The second-order valence-corrected chi connectivity index (χ2v) is 4.91. The molecule has 5 heteroatoms. The number of rotatable bonds is 5. The number of hydrogen-bond acceptors (Lipinski definition) is 4. The summed E-state index contributed by atoms with van der Waals surface area (Å²) in [7, 11) is 1.85. The van der Waals surface area contributed by atoms with Crippen LogP contribution >= 0.6 is 15.9 Å². The van der Waals surface area contributed by atoms with Crippen molar-refractivity contribution in [3.05, 3.63) is 22.7 Å². The van der Waals surface area contributed by atoms with Gasteiger partial charge in [-0.1, -0.05) is 22.9 Å². The number of hydrogen-bond donors (Lipinski definition) is 1. The number of carbonyl (C=O) groups excluding carboxylic acids is 1. The van der Waals surface area contributed by atoms with Crippen LogP contribution in [0.5, 0.6) is 0 Å². The Morgan fingerprint density at radius 3 is 2.67 bits per heavy atom. The molecule has 18 heavy (non-hydrogen) atoms. The molecule has 2 N–H and O–H groups in total. The van der Waals surface area contributed by atoms with Crippen molar-refractivity contribution in [1.82, 2.24) is 0 Å². The van der Waals surface area contributed by atoms with Gasteiger partial charge in [0.15, 0.2) is 0 Å². The van der Waals surface area contributed by atoms with Crippen molar-refractivity contribution in [1.29, 1.82) is 0 Å². The Morgan fingerprint density at radius 1 is 1.50 bits per heavy atom. The molecule has 4 nitrogen and oxygen atoms in total. The summed E-state index contributed by atoms with van der Waals surface area (Å²) in [6.07, 6.45) is 0.671. The van der Waals surface area contributed by atoms with E-state index in [1.165, 1.54) is 0 Å². The Balaban J connectivity index is 2.96. The molecule has 0 radical (unpaired) electrons. The molecule has 0 spiro atoms. The molecule has 1 aromatic carbocycles. The van der Waals surface area contributed by atoms with Gasteiger partial charge in [-0.15, -0.1) is 0 Å². The maximum absolute atomic E-state index is 11.9. The van der Waals surface area contributed by atoms with E-state index < -0.39 is 0 Å². The summed E-state index contributed by atoms with van der Waals surface area (Å²) in [6, 6.07) is 5.30. The third kappa shape index (κ3) is 3.38. The number of benzene rings is 1. The van der Waals surface area contributed by atoms with E-state index >= 15 is 0 Å². The number of carbonyl (C=O) groups is 1. The van der Waals surface area contributed by atoms with Gasteiger partial charge in [0, 0.05) is 11.5 Å². The van der Waals surface area contributed by atoms with Crippen LogP contribution in [0.3, 0.4) is 0 Å². The van der Waals surface area contributed by atoms with Crippen molar-refractivity contribution in [2.24, 2.45) is 0 Å². The average Bonchev–Trinajstić information content (AvgIpc) is 2.29. The van der Waals surface area contributed by atoms with Crippen LogP contribution in [-0.4, -0.2) is 25.7 Å². The van der Waals surface area contributed by atoms with Crippen LogP contribution in [0.4, 0.5) is 11.4 Å². The number of likely N-dealkylation sites (N-methyl/N-ethyl adjacent to an activating group) is 1. The molecule has 0 heterocycles. The zero-order valence-corrected chi connectivity index (χ0v) is 12.5. The smallest absolute Gasteiger partial charge is 0.328 e. The fraction of sp³-hybridized carbons (Fsp3) is 0.462. The Kier molecular flexibility index (Phi) is 5.47. The summed E-state index contributed by atoms with van der Waals surface area (Å²) in [6.45, 7) is 4.14. The first-order valence-electron chi connectivity index (χ1n) is 5.95. The highest BCUT2D eigenvalue weighted by Gasteiger charge is 2.24. The highest BCUT2D eigenvalue weighted by molar-refractivity contribution is 9.10. The third-order valence-electron chi connectivity index (χ3n) is 2.78. The van der Waals surface area contributed by atoms with Gasteiger partial charge < -0.3 is 15.4 Å². The first-order valence-corrected chi connectivity index (χ1v) is 6.75. The fourth-order valence-corrected chi connectivity index (χ4v) is 2.23. The Morgan fingerprint density at radius 2 is 2.17 bits per heavy atom. The highest BCUT2D eigenvalue weighted by Crippen LogP contribution is 2.28. The monoisotopic (exact) mass is 314 g/mol. The van der Waals surface area contributed by atoms with E-state index in [4.69, 9.17) is 10.5 Å². The molecule has 0 saturated heterocycles. The second-order valence-electron chi connectivity index (χ2n) is 3.99. The van der Waals surface area contributed by atoms with Gasteiger partial charge in [-0.25, -0.2) is 4.79 Å². The molecule has 0 aliphatic rings. The van der Waals surface area contributed by atoms with Crippen molar-refractivity contribution in [3.63, 3.8) is 0 Å². The summed E-state index contributed by atoms with van der Waals surface area (Å²) in [5.74, 6) is -0.218. The topological polar surface area (TPSA) is 55.6 Å². The maximum Gasteiger partial charge on any atom is 0.328 e. The SMILES string of the molecule is CCOC(=O)C(CC)N(C)c1ccc(Br)cc1N. The minimum atomic E-state index is -0.312. The third-order valence-corrected chi connectivity index (χ3v) is 3.28. The summed E-state index contributed by atoms with van der Waals surface area (Å²) >= 11 is 3.36. The highest BCUT2D eigenvalue weighted by atomic mass is 79.9. The van der Waals surface area contributed by atoms with Gasteiger partial charge in [0.2, 0.25) is 0 Å². The predicted octanol–water partition coefficient (Wildman–Crippen LogP) is 2.81. The van der Waals surface area contributed by atoms with Crippen LogP contribution in [0, 0.1) is 0 Å². The molecule has 1 unspecified atom stereocenters. The van der Waals surface area contributed by atoms with Crippen LogP contribution in [0.2, 0.25) is 0 Å². The van der Waals surface area contributed by atoms with Gasteiger partial charge >= 0.3 is 5.97 Å². The van der Waals surface area contributed by atoms with Crippen molar-refractivity contribution < 1.29 is 9.53 Å². The number of ether oxygens (including phenoxy) is 1. The van der Waals surface area contributed by atoms with Crippen molar-refractivity contribution in [2.45, 2.75) is 26.3 Å². The Hall–Kier alpha value is -1.23. The van der Waals surface area contributed by atoms with Crippen molar-refractivity contribution >= 4 is 33.3 Å². The van der Waals surface area contributed by atoms with Crippen LogP contribution in [0.1, 0.15) is 20.3 Å². The van der Waals surface area contributed by atoms with Crippen LogP contribution in [0.25, 0.3) is 0 Å². The zero-order chi connectivity index (χ0) is 13.7. The maximum atomic E-state index is 11.9. The number of esters is 1. The molecule has 100 valence electrons. The largest absolute Gasteiger partial charge is 0.464 e. The van der Waals surface area contributed by atoms with Crippen molar-refractivity contribution in [3.8, 4) is 0 Å². The van der Waals surface area contributed by atoms with E-state index in [-0.39, 0.29) is 12.0 Å². The minimum Gasteiger partial charge on any atom is -0.464 e. The van der Waals surface area contributed by atoms with E-state index in [1.54, 1.807) is 6.92 Å². The number of nitrogens with zero attached hydrogens (tertiary/aromatic N) is 1. The Labute approximate surface area is 116 Å². The normalized spacial score (nSPS) is 12.0. The Bertz CT molecular complexity index is 423. The van der Waals surface area contributed by atoms with Gasteiger partial charge in [0.1, 0.15) is 6.04 Å². The molecular formula is C13H19BrN2O2. The zero-order valence-electron chi connectivity index (χ0n) is 10.9. The first-order chi connectivity index (χ1) is 8.51. The number of anilines is 2. The fourth-order valence-electron chi connectivity index (χ4n) is 1.85. The van der Waals surface area contributed by atoms with Gasteiger partial charge in [-0.05, 0) is 31.5 Å². The molecule has 0 amide bonds. The summed E-state index contributed by atoms with van der Waals surface area (Å²) in [5.41, 5.74) is 7.43. The molecule has 0 fully saturated rings. The van der Waals surface area contributed by atoms with E-state index in [1.807, 2.05) is 37.1 Å². The standard InChI is InChI=1S/C13H19BrN2O2/c1-4-11(13(17)18-5-2)16(3)12-7-6-9(14)8-10(12)15/h6-8,11H,4-5,15H2,1-3H3. The lowest BCUT2D eigenvalue weighted by atomic mass is 10.1. The molecule has 0 bridgehead atoms. The van der Waals surface area contributed by atoms with Crippen LogP contribution in [0.15, 0.2) is 22.7 Å². The summed E-state index contributed by atoms with van der Waals surface area (Å²) in [4.78, 5) is 13.7. The number of halogens is 1. The number of nitrogens with two attached hydrogens (primary N) is 1. The van der Waals surface area contributed by atoms with Gasteiger partial charge in [0.05, 0.1) is 18.0 Å². The van der Waals surface area contributed by atoms with Crippen LogP contribution in [-0.2, 0) is 9.53 Å². The molecule has 1 aromatic rings. The summed E-state index contributed by atoms with van der Waals surface area (Å²) in [5, 5.41) is 0. The second kappa shape index (κ2) is 6.64. The van der Waals surface area contributed by atoms with Crippen LogP contribution < -0.4 is 10.6 Å². The lowest BCUT2D eigenvalue weighted by Crippen LogP contribution is -2.39. The minimum absolute atomic E-state index is 0.218. The first kappa shape index (κ1) is 14.8. The van der Waals surface area contributed by atoms with E-state index in [0.717, 1.165) is 10.2 Å². The molecule has 0 aliphatic heterocycles. The molecule has 0 aromatic heterocycles.